The number of unbranched alkanes of at least 4 members (excludes halogenated alkanes) is 11. The summed E-state index contributed by atoms with van der Waals surface area (Å²) in [6, 6.07) is 1.24. The first kappa shape index (κ1) is 65.0. The number of esters is 2. The lowest BCUT2D eigenvalue weighted by molar-refractivity contribution is -0.161. The molecule has 2 heterocycles. The number of carbonyl (C=O) groups excluding carboxylic acids is 2. The Hall–Kier alpha value is -4.10. The van der Waals surface area contributed by atoms with Gasteiger partial charge >= 0.3 is 33.3 Å². The molecule has 73 heavy (non-hydrogen) atoms. The lowest BCUT2D eigenvalue weighted by Crippen LogP contribution is -2.36. The second-order valence-electron chi connectivity index (χ2n) is 17.5. The molecule has 0 aromatic carbocycles. The number of ether oxygens (including phenoxy) is 3. The fourth-order valence-corrected chi connectivity index (χ4v) is 9.17. The first-order chi connectivity index (χ1) is 35.1. The molecule has 0 spiro atoms. The van der Waals surface area contributed by atoms with Crippen LogP contribution in [0.4, 0.5) is 5.82 Å². The van der Waals surface area contributed by atoms with E-state index in [4.69, 9.17) is 29.0 Å². The number of aliphatic hydroxyl groups excluding tert-OH is 3. The van der Waals surface area contributed by atoms with Crippen LogP contribution in [0.1, 0.15) is 155 Å². The third-order valence-electron chi connectivity index (χ3n) is 11.1. The molecule has 8 atom stereocenters. The van der Waals surface area contributed by atoms with Crippen molar-refractivity contribution in [3.63, 3.8) is 0 Å². The summed E-state index contributed by atoms with van der Waals surface area (Å²) in [4.78, 5) is 61.9. The number of anilines is 1. The Bertz CT molecular complexity index is 2070. The predicted molar refractivity (Wildman–Crippen MR) is 281 cm³/mol. The number of aliphatic hydroxyl groups is 3. The number of hydrogen-bond donors (Lipinski definition) is 6. The second kappa shape index (κ2) is 39.3. The third kappa shape index (κ3) is 32.1. The largest absolute Gasteiger partial charge is 0.481 e. The summed E-state index contributed by atoms with van der Waals surface area (Å²) in [7, 11) is -10.9. The summed E-state index contributed by atoms with van der Waals surface area (Å²) in [6.45, 7) is 1.85. The number of carbonyl (C=O) groups is 2. The van der Waals surface area contributed by atoms with Gasteiger partial charge in [-0.1, -0.05) is 150 Å². The van der Waals surface area contributed by atoms with Gasteiger partial charge < -0.3 is 45.1 Å². The number of nitrogens with zero attached hydrogens (tertiary/aromatic N) is 2. The summed E-state index contributed by atoms with van der Waals surface area (Å²) in [5, 5.41) is 30.8. The molecule has 2 rings (SSSR count). The van der Waals surface area contributed by atoms with Gasteiger partial charge in [0.15, 0.2) is 12.3 Å². The van der Waals surface area contributed by atoms with Gasteiger partial charge in [-0.2, -0.15) is 9.29 Å². The highest BCUT2D eigenvalue weighted by molar-refractivity contribution is 7.61. The summed E-state index contributed by atoms with van der Waals surface area (Å²) in [5.74, 6) is -1.43. The number of rotatable bonds is 41. The van der Waals surface area contributed by atoms with Gasteiger partial charge in [-0.25, -0.2) is 13.9 Å². The Labute approximate surface area is 431 Å². The van der Waals surface area contributed by atoms with Crippen LogP contribution >= 0.6 is 15.6 Å². The summed E-state index contributed by atoms with van der Waals surface area (Å²) in [5.41, 5.74) is 4.58. The maximum absolute atomic E-state index is 12.9. The van der Waals surface area contributed by atoms with E-state index in [1.165, 1.54) is 31.7 Å². The van der Waals surface area contributed by atoms with Crippen LogP contribution in [0, 0.1) is 0 Å². The van der Waals surface area contributed by atoms with E-state index >= 15 is 0 Å². The summed E-state index contributed by atoms with van der Waals surface area (Å²) >= 11 is 0. The topological polar surface area (TPSA) is 286 Å². The smallest absolute Gasteiger partial charge is 0.462 e. The number of allylic oxidation sites excluding steroid dienone is 12. The van der Waals surface area contributed by atoms with E-state index in [-0.39, 0.29) is 18.7 Å². The van der Waals surface area contributed by atoms with Gasteiger partial charge in [0.25, 0.3) is 0 Å². The van der Waals surface area contributed by atoms with Crippen LogP contribution in [0.15, 0.2) is 102 Å². The Morgan fingerprint density at radius 2 is 1.34 bits per heavy atom. The Kier molecular flexibility index (Phi) is 35.0. The number of phosphoric acid groups is 2. The molecule has 1 fully saturated rings. The van der Waals surface area contributed by atoms with Crippen molar-refractivity contribution in [1.82, 2.24) is 9.55 Å². The standard InChI is InChI=1S/C52H83N3O16P2/c1-3-5-7-8-9-10-11-12-13-16-20-23-26-29-33-37-48(58)69-44(40-66-47(57)36-32-28-25-22-19-17-14-15-18-21-24-27-31-35-43(56)34-30-6-4-2)41-67-72(62,63)71-73(64,65)68-42-45-49(59)50(60)51(70-45)55-39-38-46(53)54-52(55)61/h6,10-11,15,17-19,24-25,27-28,30-31,35,38-39,43-45,49-51,56,59-60H,3-5,7-9,12-14,16,20-23,26,29,32-34,36-37,40-42H2,1-2H3,(H,62,63)(H,64,65)(H2,53,54,61)/b11-10-,18-15-,19-17-,27-24+,28-25-,30-6-,35-31+/t43?,44-,45-,49-,50-,51-/m1/s1. The molecule has 7 N–H and O–H groups in total. The molecule has 0 aliphatic carbocycles. The van der Waals surface area contributed by atoms with Crippen molar-refractivity contribution >= 4 is 33.4 Å². The Balaban J connectivity index is 1.84. The van der Waals surface area contributed by atoms with Crippen molar-refractivity contribution in [2.75, 3.05) is 25.6 Å². The molecule has 0 radical (unpaired) electrons. The SMILES string of the molecule is CC/C=C\CC(O)/C=C/C=C/C/C=C\C/C=C\C/C=C\CCC(=O)OC[C@H](COP(=O)(O)OP(=O)(O)OC[C@H]1O[C@@H](n2ccc(N)nc2=O)[C@H](O)[C@@H]1O)OC(=O)CCCCCCCCC/C=C\CCCCCC. The van der Waals surface area contributed by atoms with Gasteiger partial charge in [-0.05, 0) is 76.7 Å². The van der Waals surface area contributed by atoms with Crippen LogP contribution in [-0.2, 0) is 46.3 Å². The number of aromatic nitrogens is 2. The molecule has 3 unspecified atom stereocenters. The normalized spacial score (nSPS) is 20.1. The molecule has 0 saturated carbocycles. The van der Waals surface area contributed by atoms with Crippen LogP contribution < -0.4 is 11.4 Å². The van der Waals surface area contributed by atoms with Gasteiger partial charge in [0.1, 0.15) is 30.7 Å². The van der Waals surface area contributed by atoms with Crippen molar-refractivity contribution in [1.29, 1.82) is 0 Å². The highest BCUT2D eigenvalue weighted by Crippen LogP contribution is 2.60. The van der Waals surface area contributed by atoms with E-state index in [1.54, 1.807) is 6.08 Å². The molecular formula is C52H83N3O16P2. The van der Waals surface area contributed by atoms with Gasteiger partial charge in [0.05, 0.1) is 19.3 Å². The molecule has 21 heteroatoms. The van der Waals surface area contributed by atoms with Gasteiger partial charge in [0.2, 0.25) is 0 Å². The minimum atomic E-state index is -5.45. The molecule has 0 bridgehead atoms. The molecule has 1 aliphatic rings. The Morgan fingerprint density at radius 3 is 2.00 bits per heavy atom. The van der Waals surface area contributed by atoms with E-state index in [9.17, 15) is 48.6 Å². The third-order valence-corrected chi connectivity index (χ3v) is 13.7. The number of hydrogen-bond acceptors (Lipinski definition) is 16. The molecule has 1 aliphatic heterocycles. The highest BCUT2D eigenvalue weighted by Gasteiger charge is 2.46. The van der Waals surface area contributed by atoms with E-state index in [1.807, 2.05) is 73.8 Å². The zero-order valence-electron chi connectivity index (χ0n) is 42.8. The maximum Gasteiger partial charge on any atom is 0.481 e. The second-order valence-corrected chi connectivity index (χ2v) is 20.5. The number of nitrogen functional groups attached to an aromatic ring is 1. The van der Waals surface area contributed by atoms with Crippen LogP contribution in [0.5, 0.6) is 0 Å². The predicted octanol–water partition coefficient (Wildman–Crippen LogP) is 9.64. The summed E-state index contributed by atoms with van der Waals surface area (Å²) in [6.07, 6.45) is 38.6. The zero-order chi connectivity index (χ0) is 53.6. The van der Waals surface area contributed by atoms with Gasteiger partial charge in [-0.3, -0.25) is 23.2 Å². The van der Waals surface area contributed by atoms with Crippen molar-refractivity contribution in [2.24, 2.45) is 0 Å². The maximum atomic E-state index is 12.9. The first-order valence-electron chi connectivity index (χ1n) is 25.7. The van der Waals surface area contributed by atoms with Crippen molar-refractivity contribution in [3.8, 4) is 0 Å². The molecule has 1 aromatic heterocycles. The summed E-state index contributed by atoms with van der Waals surface area (Å²) < 4.78 is 56.7. The molecule has 1 saturated heterocycles. The van der Waals surface area contributed by atoms with Crippen molar-refractivity contribution in [2.45, 2.75) is 185 Å². The minimum Gasteiger partial charge on any atom is -0.462 e. The van der Waals surface area contributed by atoms with Gasteiger partial charge in [0, 0.05) is 19.0 Å². The van der Waals surface area contributed by atoms with Crippen LogP contribution in [0.25, 0.3) is 0 Å². The zero-order valence-corrected chi connectivity index (χ0v) is 44.6. The molecule has 1 aromatic rings. The average molecular weight is 1070 g/mol. The van der Waals surface area contributed by atoms with Crippen molar-refractivity contribution in [3.05, 3.63) is 108 Å². The lowest BCUT2D eigenvalue weighted by Gasteiger charge is -2.21. The van der Waals surface area contributed by atoms with E-state index in [2.05, 4.69) is 28.4 Å². The van der Waals surface area contributed by atoms with Crippen LogP contribution in [0.3, 0.4) is 0 Å². The first-order valence-corrected chi connectivity index (χ1v) is 28.7. The highest BCUT2D eigenvalue weighted by atomic mass is 31.3. The fraction of sp³-hybridized carbons (Fsp3) is 0.615. The van der Waals surface area contributed by atoms with Crippen LogP contribution in [0.2, 0.25) is 0 Å². The van der Waals surface area contributed by atoms with Crippen molar-refractivity contribution < 1.29 is 71.4 Å². The fourth-order valence-electron chi connectivity index (χ4n) is 7.06. The minimum absolute atomic E-state index is 0.0174. The van der Waals surface area contributed by atoms with E-state index in [0.717, 1.165) is 81.4 Å². The quantitative estimate of drug-likeness (QED) is 0.0117. The number of phosphoric ester groups is 2. The van der Waals surface area contributed by atoms with Gasteiger partial charge in [-0.15, -0.1) is 0 Å². The molecule has 0 amide bonds. The molecule has 19 nitrogen and oxygen atoms in total. The molecular weight excluding hydrogens is 985 g/mol. The number of nitrogens with two attached hydrogens (primary N) is 1. The van der Waals surface area contributed by atoms with E-state index < -0.39 is 89.8 Å². The average Bonchev–Trinajstić information content (AvgIpc) is 3.62. The Morgan fingerprint density at radius 1 is 0.740 bits per heavy atom. The monoisotopic (exact) mass is 1070 g/mol. The van der Waals surface area contributed by atoms with E-state index in [0.29, 0.717) is 25.7 Å². The molecule has 412 valence electrons. The lowest BCUT2D eigenvalue weighted by atomic mass is 10.1. The van der Waals surface area contributed by atoms with Crippen LogP contribution in [-0.4, -0.2) is 96.9 Å².